The number of nitrogens with one attached hydrogen (secondary N) is 3. The van der Waals surface area contributed by atoms with Crippen LogP contribution < -0.4 is 16.0 Å². The van der Waals surface area contributed by atoms with Crippen LogP contribution in [0.1, 0.15) is 32.6 Å². The lowest BCUT2D eigenvalue weighted by molar-refractivity contribution is -0.118. The maximum absolute atomic E-state index is 12.2. The van der Waals surface area contributed by atoms with E-state index in [1.165, 1.54) is 0 Å². The fourth-order valence-electron chi connectivity index (χ4n) is 2.57. The number of anilines is 2. The molecule has 0 spiro atoms. The van der Waals surface area contributed by atoms with Crippen LogP contribution in [0.2, 0.25) is 0 Å². The SMILES string of the molecule is CC(C)C(=O)Nc1ccc(NC(=O)NC(C)c2cc3ccccc3o2)cc1. The Morgan fingerprint density at radius 2 is 1.52 bits per heavy atom. The Hall–Kier alpha value is -3.28. The summed E-state index contributed by atoms with van der Waals surface area (Å²) >= 11 is 0. The first-order valence-electron chi connectivity index (χ1n) is 8.89. The lowest BCUT2D eigenvalue weighted by Crippen LogP contribution is -2.30. The number of para-hydroxylation sites is 1. The van der Waals surface area contributed by atoms with Crippen molar-refractivity contribution in [2.45, 2.75) is 26.8 Å². The van der Waals surface area contributed by atoms with E-state index in [0.717, 1.165) is 11.0 Å². The van der Waals surface area contributed by atoms with Gasteiger partial charge < -0.3 is 20.4 Å². The van der Waals surface area contributed by atoms with Crippen molar-refractivity contribution in [2.75, 3.05) is 10.6 Å². The summed E-state index contributed by atoms with van der Waals surface area (Å²) < 4.78 is 5.77. The van der Waals surface area contributed by atoms with Gasteiger partial charge in [-0.25, -0.2) is 4.79 Å². The number of carbonyl (C=O) groups is 2. The van der Waals surface area contributed by atoms with E-state index in [1.807, 2.05) is 51.1 Å². The van der Waals surface area contributed by atoms with Crippen LogP contribution in [0.25, 0.3) is 11.0 Å². The van der Waals surface area contributed by atoms with Crippen LogP contribution in [-0.4, -0.2) is 11.9 Å². The molecule has 6 nitrogen and oxygen atoms in total. The van der Waals surface area contributed by atoms with E-state index >= 15 is 0 Å². The van der Waals surface area contributed by atoms with E-state index in [9.17, 15) is 9.59 Å². The molecule has 0 aliphatic carbocycles. The van der Waals surface area contributed by atoms with Crippen LogP contribution in [0.3, 0.4) is 0 Å². The van der Waals surface area contributed by atoms with E-state index in [0.29, 0.717) is 17.1 Å². The molecule has 0 aliphatic heterocycles. The molecule has 0 bridgehead atoms. The summed E-state index contributed by atoms with van der Waals surface area (Å²) in [5.41, 5.74) is 2.11. The minimum Gasteiger partial charge on any atom is -0.459 e. The molecule has 1 aromatic heterocycles. The standard InChI is InChI=1S/C21H23N3O3/c1-13(2)20(25)23-16-8-10-17(11-9-16)24-21(26)22-14(3)19-12-15-6-4-5-7-18(15)27-19/h4-14H,1-3H3,(H,23,25)(H2,22,24,26). The molecule has 2 aromatic carbocycles. The zero-order valence-corrected chi connectivity index (χ0v) is 15.6. The van der Waals surface area contributed by atoms with Gasteiger partial charge in [0.05, 0.1) is 6.04 Å². The van der Waals surface area contributed by atoms with Crippen LogP contribution in [0.5, 0.6) is 0 Å². The number of rotatable bonds is 5. The van der Waals surface area contributed by atoms with Gasteiger partial charge in [-0.1, -0.05) is 32.0 Å². The fraction of sp³-hybridized carbons (Fsp3) is 0.238. The zero-order chi connectivity index (χ0) is 19.4. The van der Waals surface area contributed by atoms with Gasteiger partial charge in [0.2, 0.25) is 5.91 Å². The molecule has 3 amide bonds. The topological polar surface area (TPSA) is 83.4 Å². The van der Waals surface area contributed by atoms with Gasteiger partial charge in [0, 0.05) is 22.7 Å². The average Bonchev–Trinajstić information content (AvgIpc) is 3.07. The van der Waals surface area contributed by atoms with Gasteiger partial charge in [-0.2, -0.15) is 0 Å². The van der Waals surface area contributed by atoms with Crippen LogP contribution >= 0.6 is 0 Å². The maximum atomic E-state index is 12.2. The predicted molar refractivity (Wildman–Crippen MR) is 107 cm³/mol. The molecule has 0 fully saturated rings. The van der Waals surface area contributed by atoms with E-state index in [4.69, 9.17) is 4.42 Å². The molecule has 3 rings (SSSR count). The molecule has 6 heteroatoms. The Bertz CT molecular complexity index is 912. The number of carbonyl (C=O) groups excluding carboxylic acids is 2. The summed E-state index contributed by atoms with van der Waals surface area (Å²) in [5.74, 6) is 0.555. The highest BCUT2D eigenvalue weighted by atomic mass is 16.3. The first-order chi connectivity index (χ1) is 12.9. The summed E-state index contributed by atoms with van der Waals surface area (Å²) in [6, 6.07) is 16.0. The van der Waals surface area contributed by atoms with Crippen molar-refractivity contribution in [3.63, 3.8) is 0 Å². The fourth-order valence-corrected chi connectivity index (χ4v) is 2.57. The molecule has 0 saturated heterocycles. The summed E-state index contributed by atoms with van der Waals surface area (Å²) in [6.07, 6.45) is 0. The lowest BCUT2D eigenvalue weighted by Gasteiger charge is -2.13. The second-order valence-corrected chi connectivity index (χ2v) is 6.73. The summed E-state index contributed by atoms with van der Waals surface area (Å²) in [5, 5.41) is 9.44. The van der Waals surface area contributed by atoms with Gasteiger partial charge in [0.1, 0.15) is 11.3 Å². The van der Waals surface area contributed by atoms with Gasteiger partial charge in [0.15, 0.2) is 0 Å². The second-order valence-electron chi connectivity index (χ2n) is 6.73. The Morgan fingerprint density at radius 3 is 2.15 bits per heavy atom. The third kappa shape index (κ3) is 4.67. The maximum Gasteiger partial charge on any atom is 0.319 e. The molecule has 1 heterocycles. The van der Waals surface area contributed by atoms with Gasteiger partial charge in [-0.15, -0.1) is 0 Å². The molecule has 1 unspecified atom stereocenters. The minimum atomic E-state index is -0.332. The van der Waals surface area contributed by atoms with Gasteiger partial charge >= 0.3 is 6.03 Å². The quantitative estimate of drug-likeness (QED) is 0.601. The van der Waals surface area contributed by atoms with Crippen molar-refractivity contribution in [2.24, 2.45) is 5.92 Å². The number of hydrogen-bond donors (Lipinski definition) is 3. The summed E-state index contributed by atoms with van der Waals surface area (Å²) in [7, 11) is 0. The molecule has 0 saturated carbocycles. The van der Waals surface area contributed by atoms with E-state index in [1.54, 1.807) is 24.3 Å². The average molecular weight is 365 g/mol. The van der Waals surface area contributed by atoms with Crippen molar-refractivity contribution in [1.82, 2.24) is 5.32 Å². The van der Waals surface area contributed by atoms with Gasteiger partial charge in [0.25, 0.3) is 0 Å². The van der Waals surface area contributed by atoms with Crippen molar-refractivity contribution in [3.05, 3.63) is 60.4 Å². The number of fused-ring (bicyclic) bond motifs is 1. The minimum absolute atomic E-state index is 0.0480. The molecule has 27 heavy (non-hydrogen) atoms. The molecule has 0 radical (unpaired) electrons. The van der Waals surface area contributed by atoms with Gasteiger partial charge in [-0.3, -0.25) is 4.79 Å². The largest absolute Gasteiger partial charge is 0.459 e. The highest BCUT2D eigenvalue weighted by Crippen LogP contribution is 2.23. The van der Waals surface area contributed by atoms with Gasteiger partial charge in [-0.05, 0) is 43.3 Å². The Balaban J connectivity index is 1.57. The Morgan fingerprint density at radius 1 is 0.889 bits per heavy atom. The van der Waals surface area contributed by atoms with Crippen LogP contribution in [-0.2, 0) is 4.79 Å². The zero-order valence-electron chi connectivity index (χ0n) is 15.6. The first kappa shape index (κ1) is 18.5. The smallest absolute Gasteiger partial charge is 0.319 e. The molecule has 3 aromatic rings. The molecule has 0 aliphatic rings. The van der Waals surface area contributed by atoms with Crippen molar-refractivity contribution >= 4 is 34.3 Å². The molecule has 1 atom stereocenters. The highest BCUT2D eigenvalue weighted by molar-refractivity contribution is 5.93. The molecular weight excluding hydrogens is 342 g/mol. The van der Waals surface area contributed by atoms with E-state index < -0.39 is 0 Å². The number of amides is 3. The Labute approximate surface area is 157 Å². The number of hydrogen-bond acceptors (Lipinski definition) is 3. The van der Waals surface area contributed by atoms with E-state index in [2.05, 4.69) is 16.0 Å². The molecule has 3 N–H and O–H groups in total. The second kappa shape index (κ2) is 7.95. The number of urea groups is 1. The monoisotopic (exact) mass is 365 g/mol. The number of benzene rings is 2. The third-order valence-electron chi connectivity index (χ3n) is 4.15. The van der Waals surface area contributed by atoms with E-state index in [-0.39, 0.29) is 23.9 Å². The van der Waals surface area contributed by atoms with Crippen molar-refractivity contribution in [1.29, 1.82) is 0 Å². The number of furan rings is 1. The van der Waals surface area contributed by atoms with Crippen LogP contribution in [0, 0.1) is 5.92 Å². The normalized spacial score (nSPS) is 12.0. The van der Waals surface area contributed by atoms with Crippen LogP contribution in [0.4, 0.5) is 16.2 Å². The first-order valence-corrected chi connectivity index (χ1v) is 8.89. The highest BCUT2D eigenvalue weighted by Gasteiger charge is 2.14. The summed E-state index contributed by atoms with van der Waals surface area (Å²) in [6.45, 7) is 5.53. The Kier molecular flexibility index (Phi) is 5.45. The predicted octanol–water partition coefficient (Wildman–Crippen LogP) is 4.91. The van der Waals surface area contributed by atoms with Crippen LogP contribution in [0.15, 0.2) is 59.0 Å². The summed E-state index contributed by atoms with van der Waals surface area (Å²) in [4.78, 5) is 23.9. The molecule has 140 valence electrons. The lowest BCUT2D eigenvalue weighted by atomic mass is 10.2. The third-order valence-corrected chi connectivity index (χ3v) is 4.15. The van der Waals surface area contributed by atoms with Crippen molar-refractivity contribution in [3.8, 4) is 0 Å². The molecular formula is C21H23N3O3. The van der Waals surface area contributed by atoms with Crippen molar-refractivity contribution < 1.29 is 14.0 Å².